The van der Waals surface area contributed by atoms with Crippen LogP contribution in [0.15, 0.2) is 0 Å². The van der Waals surface area contributed by atoms with Crippen LogP contribution in [0.3, 0.4) is 0 Å². The van der Waals surface area contributed by atoms with E-state index < -0.39 is 5.97 Å². The van der Waals surface area contributed by atoms with E-state index in [4.69, 9.17) is 5.11 Å². The smallest absolute Gasteiger partial charge is 0.304 e. The molecule has 2 atom stereocenters. The van der Waals surface area contributed by atoms with Gasteiger partial charge in [0, 0.05) is 12.6 Å². The highest BCUT2D eigenvalue weighted by atomic mass is 16.4. The molecule has 0 heterocycles. The van der Waals surface area contributed by atoms with Crippen molar-refractivity contribution in [1.29, 1.82) is 0 Å². The van der Waals surface area contributed by atoms with Gasteiger partial charge in [-0.05, 0) is 32.2 Å². The summed E-state index contributed by atoms with van der Waals surface area (Å²) >= 11 is 0. The molecule has 1 aliphatic carbocycles. The highest BCUT2D eigenvalue weighted by Gasteiger charge is 2.26. The first-order valence-corrected chi connectivity index (χ1v) is 5.55. The average Bonchev–Trinajstić information content (AvgIpc) is 2.62. The standard InChI is InChI=1S/C11H21NO2/c1-3-9-4-5-10(8-9)12(2)7-6-11(13)14/h9-10H,3-8H2,1-2H3,(H,13,14). The Morgan fingerprint density at radius 2 is 2.21 bits per heavy atom. The molecule has 1 aliphatic rings. The number of nitrogens with zero attached hydrogens (tertiary/aromatic N) is 1. The van der Waals surface area contributed by atoms with Gasteiger partial charge >= 0.3 is 5.97 Å². The maximum Gasteiger partial charge on any atom is 0.304 e. The topological polar surface area (TPSA) is 40.5 Å². The Labute approximate surface area is 86.1 Å². The molecule has 3 heteroatoms. The van der Waals surface area contributed by atoms with E-state index >= 15 is 0 Å². The molecule has 0 radical (unpaired) electrons. The van der Waals surface area contributed by atoms with Crippen LogP contribution in [0.25, 0.3) is 0 Å². The fourth-order valence-electron chi connectivity index (χ4n) is 2.27. The van der Waals surface area contributed by atoms with Gasteiger partial charge in [-0.2, -0.15) is 0 Å². The van der Waals surface area contributed by atoms with Crippen molar-refractivity contribution in [2.24, 2.45) is 5.92 Å². The summed E-state index contributed by atoms with van der Waals surface area (Å²) in [5.41, 5.74) is 0. The third-order valence-corrected chi connectivity index (χ3v) is 3.39. The summed E-state index contributed by atoms with van der Waals surface area (Å²) in [6, 6.07) is 0.624. The zero-order valence-electron chi connectivity index (χ0n) is 9.20. The zero-order valence-corrected chi connectivity index (χ0v) is 9.20. The Bertz CT molecular complexity index is 194. The van der Waals surface area contributed by atoms with Crippen molar-refractivity contribution >= 4 is 5.97 Å². The SMILES string of the molecule is CCC1CCC(N(C)CCC(=O)O)C1. The molecule has 0 aromatic rings. The molecule has 0 aromatic carbocycles. The maximum absolute atomic E-state index is 10.4. The van der Waals surface area contributed by atoms with Crippen LogP contribution in [0, 0.1) is 5.92 Å². The van der Waals surface area contributed by atoms with E-state index in [2.05, 4.69) is 11.8 Å². The van der Waals surface area contributed by atoms with E-state index in [0.29, 0.717) is 12.6 Å². The molecule has 1 fully saturated rings. The minimum Gasteiger partial charge on any atom is -0.481 e. The summed E-state index contributed by atoms with van der Waals surface area (Å²) in [7, 11) is 2.05. The van der Waals surface area contributed by atoms with E-state index in [1.165, 1.54) is 25.7 Å². The lowest BCUT2D eigenvalue weighted by atomic mass is 10.1. The quantitative estimate of drug-likeness (QED) is 0.736. The monoisotopic (exact) mass is 199 g/mol. The number of rotatable bonds is 5. The molecule has 2 unspecified atom stereocenters. The third kappa shape index (κ3) is 3.29. The van der Waals surface area contributed by atoms with Crippen LogP contribution < -0.4 is 0 Å². The fraction of sp³-hybridized carbons (Fsp3) is 0.909. The van der Waals surface area contributed by atoms with Crippen LogP contribution >= 0.6 is 0 Å². The van der Waals surface area contributed by atoms with Crippen molar-refractivity contribution < 1.29 is 9.90 Å². The van der Waals surface area contributed by atoms with Crippen molar-refractivity contribution in [1.82, 2.24) is 4.90 Å². The predicted molar refractivity (Wildman–Crippen MR) is 56.3 cm³/mol. The van der Waals surface area contributed by atoms with Gasteiger partial charge < -0.3 is 10.0 Å². The molecular weight excluding hydrogens is 178 g/mol. The number of hydrogen-bond acceptors (Lipinski definition) is 2. The highest BCUT2D eigenvalue weighted by Crippen LogP contribution is 2.30. The first-order chi connectivity index (χ1) is 6.63. The fourth-order valence-corrected chi connectivity index (χ4v) is 2.27. The molecule has 82 valence electrons. The van der Waals surface area contributed by atoms with Crippen LogP contribution in [-0.4, -0.2) is 35.6 Å². The number of carboxylic acids is 1. The molecule has 0 aromatic heterocycles. The second-order valence-corrected chi connectivity index (χ2v) is 4.37. The molecule has 0 bridgehead atoms. The largest absolute Gasteiger partial charge is 0.481 e. The van der Waals surface area contributed by atoms with E-state index in [-0.39, 0.29) is 6.42 Å². The minimum absolute atomic E-state index is 0.268. The Morgan fingerprint density at radius 3 is 2.71 bits per heavy atom. The van der Waals surface area contributed by atoms with Gasteiger partial charge in [-0.3, -0.25) is 4.79 Å². The summed E-state index contributed by atoms with van der Waals surface area (Å²) in [5, 5.41) is 8.58. The lowest BCUT2D eigenvalue weighted by molar-refractivity contribution is -0.137. The number of aliphatic carboxylic acids is 1. The van der Waals surface area contributed by atoms with E-state index in [0.717, 1.165) is 5.92 Å². The first kappa shape index (κ1) is 11.5. The van der Waals surface area contributed by atoms with Gasteiger partial charge in [0.1, 0.15) is 0 Å². The maximum atomic E-state index is 10.4. The van der Waals surface area contributed by atoms with Crippen molar-refractivity contribution in [3.63, 3.8) is 0 Å². The summed E-state index contributed by atoms with van der Waals surface area (Å²) in [6.45, 7) is 2.93. The van der Waals surface area contributed by atoms with Gasteiger partial charge in [0.05, 0.1) is 6.42 Å². The normalized spacial score (nSPS) is 27.1. The predicted octanol–water partition coefficient (Wildman–Crippen LogP) is 1.97. The van der Waals surface area contributed by atoms with E-state index in [1.54, 1.807) is 0 Å². The molecule has 1 N–H and O–H groups in total. The summed E-state index contributed by atoms with van der Waals surface area (Å²) in [6.07, 6.45) is 5.35. The molecular formula is C11H21NO2. The highest BCUT2D eigenvalue weighted by molar-refractivity contribution is 5.66. The van der Waals surface area contributed by atoms with Crippen LogP contribution in [0.4, 0.5) is 0 Å². The number of hydrogen-bond donors (Lipinski definition) is 1. The van der Waals surface area contributed by atoms with Crippen LogP contribution in [0.2, 0.25) is 0 Å². The van der Waals surface area contributed by atoms with Crippen LogP contribution in [0.5, 0.6) is 0 Å². The van der Waals surface area contributed by atoms with Crippen LogP contribution in [0.1, 0.15) is 39.0 Å². The summed E-state index contributed by atoms with van der Waals surface area (Å²) in [5.74, 6) is 0.175. The second kappa shape index (κ2) is 5.35. The van der Waals surface area contributed by atoms with E-state index in [9.17, 15) is 4.79 Å². The third-order valence-electron chi connectivity index (χ3n) is 3.39. The zero-order chi connectivity index (χ0) is 10.6. The minimum atomic E-state index is -0.693. The van der Waals surface area contributed by atoms with Gasteiger partial charge in [0.15, 0.2) is 0 Å². The molecule has 1 rings (SSSR count). The van der Waals surface area contributed by atoms with Gasteiger partial charge in [0.25, 0.3) is 0 Å². The van der Waals surface area contributed by atoms with Crippen molar-refractivity contribution in [3.8, 4) is 0 Å². The van der Waals surface area contributed by atoms with Crippen LogP contribution in [-0.2, 0) is 4.79 Å². The molecule has 0 amide bonds. The second-order valence-electron chi connectivity index (χ2n) is 4.37. The molecule has 0 aliphatic heterocycles. The van der Waals surface area contributed by atoms with Gasteiger partial charge in [0.2, 0.25) is 0 Å². The molecule has 14 heavy (non-hydrogen) atoms. The Kier molecular flexibility index (Phi) is 4.39. The lowest BCUT2D eigenvalue weighted by Crippen LogP contribution is -2.31. The Morgan fingerprint density at radius 1 is 1.50 bits per heavy atom. The van der Waals surface area contributed by atoms with Crippen molar-refractivity contribution in [2.45, 2.75) is 45.1 Å². The summed E-state index contributed by atoms with van der Waals surface area (Å²) < 4.78 is 0. The number of carboxylic acid groups (broad SMARTS) is 1. The van der Waals surface area contributed by atoms with Gasteiger partial charge in [-0.25, -0.2) is 0 Å². The molecule has 0 saturated heterocycles. The van der Waals surface area contributed by atoms with Gasteiger partial charge in [-0.15, -0.1) is 0 Å². The summed E-state index contributed by atoms with van der Waals surface area (Å²) in [4.78, 5) is 12.6. The van der Waals surface area contributed by atoms with E-state index in [1.807, 2.05) is 7.05 Å². The van der Waals surface area contributed by atoms with Gasteiger partial charge in [-0.1, -0.05) is 13.3 Å². The van der Waals surface area contributed by atoms with Crippen molar-refractivity contribution in [3.05, 3.63) is 0 Å². The lowest BCUT2D eigenvalue weighted by Gasteiger charge is -2.23. The molecule has 3 nitrogen and oxygen atoms in total. The average molecular weight is 199 g/mol. The Hall–Kier alpha value is -0.570. The molecule has 1 saturated carbocycles. The Balaban J connectivity index is 2.24. The first-order valence-electron chi connectivity index (χ1n) is 5.55. The van der Waals surface area contributed by atoms with Crippen molar-refractivity contribution in [2.75, 3.05) is 13.6 Å². The number of carbonyl (C=O) groups is 1. The molecule has 0 spiro atoms.